The summed E-state index contributed by atoms with van der Waals surface area (Å²) >= 11 is 0. The number of alkyl halides is 3. The van der Waals surface area contributed by atoms with E-state index in [1.165, 1.54) is 35.1 Å². The predicted molar refractivity (Wildman–Crippen MR) is 95.5 cm³/mol. The lowest BCUT2D eigenvalue weighted by Gasteiger charge is -2.10. The molecule has 1 saturated heterocycles. The highest BCUT2D eigenvalue weighted by molar-refractivity contribution is 7.97. The van der Waals surface area contributed by atoms with Crippen LogP contribution in [-0.2, 0) is 21.0 Å². The van der Waals surface area contributed by atoms with Crippen molar-refractivity contribution in [3.63, 3.8) is 0 Å². The summed E-state index contributed by atoms with van der Waals surface area (Å²) in [5.41, 5.74) is -5.65. The second-order valence-electron chi connectivity index (χ2n) is 5.55. The third-order valence-corrected chi connectivity index (χ3v) is 6.88. The molecule has 1 aliphatic heterocycles. The highest BCUT2D eigenvalue weighted by atomic mass is 32.2. The van der Waals surface area contributed by atoms with Gasteiger partial charge in [0.1, 0.15) is 17.3 Å². The van der Waals surface area contributed by atoms with Gasteiger partial charge in [0, 0.05) is 21.7 Å². The monoisotopic (exact) mass is 408 g/mol. The van der Waals surface area contributed by atoms with Crippen molar-refractivity contribution in [2.24, 2.45) is 0 Å². The molecule has 0 unspecified atom stereocenters. The van der Waals surface area contributed by atoms with Crippen LogP contribution in [0, 0.1) is 0 Å². The van der Waals surface area contributed by atoms with Crippen molar-refractivity contribution in [2.75, 3.05) is 18.1 Å². The molecule has 1 heterocycles. The first kappa shape index (κ1) is 20.9. The van der Waals surface area contributed by atoms with Gasteiger partial charge in [-0.3, -0.25) is 0 Å². The van der Waals surface area contributed by atoms with Gasteiger partial charge in [-0.25, -0.2) is 8.42 Å². The number of rotatable bonds is 3. The molecule has 1 aliphatic rings. The van der Waals surface area contributed by atoms with Crippen LogP contribution in [0.5, 0.6) is 5.75 Å². The molecule has 4 nitrogen and oxygen atoms in total. The van der Waals surface area contributed by atoms with Gasteiger partial charge in [0.25, 0.3) is 0 Å². The van der Waals surface area contributed by atoms with Crippen molar-refractivity contribution >= 4 is 31.8 Å². The zero-order valence-corrected chi connectivity index (χ0v) is 15.7. The SMILES string of the molecule is CCOc1ccc([S+]2CCCC2)c2ccccc12.O=S(=O)([O-])C(F)(F)F. The van der Waals surface area contributed by atoms with Crippen molar-refractivity contribution in [1.82, 2.24) is 0 Å². The molecule has 26 heavy (non-hydrogen) atoms. The maximum absolute atomic E-state index is 10.7. The Bertz CT molecular complexity index is 845. The first-order valence-corrected chi connectivity index (χ1v) is 11.0. The maximum atomic E-state index is 10.7. The number of fused-ring (bicyclic) bond motifs is 1. The van der Waals surface area contributed by atoms with E-state index in [4.69, 9.17) is 17.7 Å². The lowest BCUT2D eigenvalue weighted by Crippen LogP contribution is -2.21. The molecule has 0 spiro atoms. The molecule has 144 valence electrons. The van der Waals surface area contributed by atoms with E-state index in [1.54, 1.807) is 4.90 Å². The second kappa shape index (κ2) is 8.49. The quantitative estimate of drug-likeness (QED) is 0.436. The van der Waals surface area contributed by atoms with Gasteiger partial charge >= 0.3 is 5.51 Å². The second-order valence-corrected chi connectivity index (χ2v) is 9.16. The zero-order chi connectivity index (χ0) is 19.4. The largest absolute Gasteiger partial charge is 0.741 e. The molecule has 0 N–H and O–H groups in total. The molecular weight excluding hydrogens is 389 g/mol. The van der Waals surface area contributed by atoms with E-state index < -0.39 is 15.6 Å². The van der Waals surface area contributed by atoms with E-state index in [-0.39, 0.29) is 0 Å². The molecule has 0 saturated carbocycles. The van der Waals surface area contributed by atoms with E-state index in [1.807, 2.05) is 6.92 Å². The molecule has 0 atom stereocenters. The van der Waals surface area contributed by atoms with Gasteiger partial charge in [0.15, 0.2) is 15.0 Å². The molecule has 2 aromatic rings. The van der Waals surface area contributed by atoms with Crippen molar-refractivity contribution in [2.45, 2.75) is 30.2 Å². The normalized spacial score (nSPS) is 15.6. The van der Waals surface area contributed by atoms with Crippen LogP contribution in [0.2, 0.25) is 0 Å². The summed E-state index contributed by atoms with van der Waals surface area (Å²) in [5, 5.41) is 2.67. The molecule has 2 aromatic carbocycles. The Labute approximate surface area is 153 Å². The van der Waals surface area contributed by atoms with Crippen molar-refractivity contribution in [1.29, 1.82) is 0 Å². The van der Waals surface area contributed by atoms with E-state index in [0.29, 0.717) is 10.9 Å². The molecule has 1 fully saturated rings. The standard InChI is InChI=1S/C16H19OS.CHF3O3S/c1-2-17-15-9-10-16(18-11-5-6-12-18)14-8-4-3-7-13(14)15;2-1(3,4)8(5,6)7/h3-4,7-10H,2,5-6,11-12H2,1H3;(H,5,6,7)/q+1;/p-1. The summed E-state index contributed by atoms with van der Waals surface area (Å²) in [6.45, 7) is 2.77. The van der Waals surface area contributed by atoms with E-state index in [0.717, 1.165) is 12.4 Å². The van der Waals surface area contributed by atoms with Gasteiger partial charge in [-0.05, 0) is 38.0 Å². The van der Waals surface area contributed by atoms with Crippen molar-refractivity contribution in [3.8, 4) is 5.75 Å². The number of benzene rings is 2. The minimum Gasteiger partial charge on any atom is -0.741 e. The highest BCUT2D eigenvalue weighted by Gasteiger charge is 2.37. The van der Waals surface area contributed by atoms with Crippen LogP contribution >= 0.6 is 0 Å². The number of hydrogen-bond acceptors (Lipinski definition) is 4. The summed E-state index contributed by atoms with van der Waals surface area (Å²) in [5.74, 6) is 3.77. The van der Waals surface area contributed by atoms with Crippen LogP contribution in [0.4, 0.5) is 13.2 Å². The first-order chi connectivity index (χ1) is 12.1. The van der Waals surface area contributed by atoms with E-state index >= 15 is 0 Å². The molecular formula is C17H19F3O4S2. The molecule has 0 amide bonds. The Morgan fingerprint density at radius 3 is 2.12 bits per heavy atom. The molecule has 0 aromatic heterocycles. The van der Waals surface area contributed by atoms with E-state index in [9.17, 15) is 13.2 Å². The van der Waals surface area contributed by atoms with Gasteiger partial charge in [-0.15, -0.1) is 0 Å². The summed E-state index contributed by atoms with van der Waals surface area (Å²) in [7, 11) is -5.62. The summed E-state index contributed by atoms with van der Waals surface area (Å²) in [6, 6.07) is 13.1. The van der Waals surface area contributed by atoms with Crippen molar-refractivity contribution < 1.29 is 30.9 Å². The minimum absolute atomic E-state index is 0.467. The van der Waals surface area contributed by atoms with Gasteiger partial charge in [0.05, 0.1) is 6.61 Å². The fourth-order valence-corrected chi connectivity index (χ4v) is 5.15. The average molecular weight is 408 g/mol. The average Bonchev–Trinajstić information content (AvgIpc) is 3.08. The van der Waals surface area contributed by atoms with E-state index in [2.05, 4.69) is 36.4 Å². The Morgan fingerprint density at radius 1 is 1.08 bits per heavy atom. The lowest BCUT2D eigenvalue weighted by atomic mass is 10.1. The van der Waals surface area contributed by atoms with Crippen LogP contribution in [0.1, 0.15) is 19.8 Å². The van der Waals surface area contributed by atoms with Crippen molar-refractivity contribution in [3.05, 3.63) is 36.4 Å². The van der Waals surface area contributed by atoms with Gasteiger partial charge < -0.3 is 9.29 Å². The summed E-state index contributed by atoms with van der Waals surface area (Å²) < 4.78 is 64.6. The summed E-state index contributed by atoms with van der Waals surface area (Å²) in [4.78, 5) is 1.55. The number of halogens is 3. The third kappa shape index (κ3) is 5.05. The predicted octanol–water partition coefficient (Wildman–Crippen LogP) is 4.06. The topological polar surface area (TPSA) is 66.4 Å². The Hall–Kier alpha value is -1.45. The molecule has 0 bridgehead atoms. The molecule has 0 aliphatic carbocycles. The van der Waals surface area contributed by atoms with Crippen LogP contribution in [0.3, 0.4) is 0 Å². The Morgan fingerprint density at radius 2 is 1.62 bits per heavy atom. The molecule has 9 heteroatoms. The zero-order valence-electron chi connectivity index (χ0n) is 14.1. The minimum atomic E-state index is -6.09. The maximum Gasteiger partial charge on any atom is 0.485 e. The van der Waals surface area contributed by atoms with Crippen LogP contribution < -0.4 is 4.74 Å². The Balaban J connectivity index is 0.000000260. The first-order valence-electron chi connectivity index (χ1n) is 7.99. The number of hydrogen-bond donors (Lipinski definition) is 0. The van der Waals surface area contributed by atoms with Gasteiger partial charge in [-0.2, -0.15) is 13.2 Å². The summed E-state index contributed by atoms with van der Waals surface area (Å²) in [6.07, 6.45) is 2.79. The molecule has 3 rings (SSSR count). The number of ether oxygens (including phenoxy) is 1. The van der Waals surface area contributed by atoms with Crippen LogP contribution in [-0.4, -0.2) is 36.6 Å². The Kier molecular flexibility index (Phi) is 6.81. The van der Waals surface area contributed by atoms with Crippen LogP contribution in [0.25, 0.3) is 10.8 Å². The fraction of sp³-hybridized carbons (Fsp3) is 0.412. The van der Waals surface area contributed by atoms with Gasteiger partial charge in [0.2, 0.25) is 0 Å². The fourth-order valence-electron chi connectivity index (χ4n) is 2.65. The van der Waals surface area contributed by atoms with Crippen LogP contribution in [0.15, 0.2) is 41.3 Å². The van der Waals surface area contributed by atoms with Gasteiger partial charge in [-0.1, -0.05) is 18.2 Å². The lowest BCUT2D eigenvalue weighted by molar-refractivity contribution is -0.0517. The third-order valence-electron chi connectivity index (χ3n) is 3.77. The highest BCUT2D eigenvalue weighted by Crippen LogP contribution is 2.34. The smallest absolute Gasteiger partial charge is 0.485 e. The molecule has 0 radical (unpaired) electrons.